The highest BCUT2D eigenvalue weighted by Gasteiger charge is 2.22. The summed E-state index contributed by atoms with van der Waals surface area (Å²) in [6.07, 6.45) is 0.465. The van der Waals surface area contributed by atoms with E-state index in [-0.39, 0.29) is 12.2 Å². The van der Waals surface area contributed by atoms with Crippen molar-refractivity contribution in [1.29, 1.82) is 0 Å². The van der Waals surface area contributed by atoms with Crippen molar-refractivity contribution in [2.75, 3.05) is 0 Å². The van der Waals surface area contributed by atoms with Crippen LogP contribution in [0.5, 0.6) is 0 Å². The molecule has 0 aliphatic carbocycles. The van der Waals surface area contributed by atoms with Crippen molar-refractivity contribution in [2.45, 2.75) is 19.6 Å². The van der Waals surface area contributed by atoms with E-state index in [1.165, 1.54) is 13.2 Å². The molecule has 2 aromatic heterocycles. The van der Waals surface area contributed by atoms with Crippen molar-refractivity contribution >= 4 is 22.6 Å². The molecule has 25 heavy (non-hydrogen) atoms. The Labute approximate surface area is 141 Å². The summed E-state index contributed by atoms with van der Waals surface area (Å²) in [6.45, 7) is 1.64. The normalized spacial score (nSPS) is 11.9. The Kier molecular flexibility index (Phi) is 4.60. The van der Waals surface area contributed by atoms with Crippen LogP contribution in [0.2, 0.25) is 0 Å². The summed E-state index contributed by atoms with van der Waals surface area (Å²) in [7, 11) is 0. The molecule has 3 aromatic rings. The van der Waals surface area contributed by atoms with Crippen LogP contribution in [0, 0.1) is 0 Å². The van der Waals surface area contributed by atoms with Gasteiger partial charge in [0.15, 0.2) is 11.8 Å². The Bertz CT molecular complexity index is 962. The number of hydrogen-bond acceptors (Lipinski definition) is 6. The lowest BCUT2D eigenvalue weighted by atomic mass is 10.1. The molecule has 0 fully saturated rings. The van der Waals surface area contributed by atoms with Crippen LogP contribution in [-0.4, -0.2) is 28.2 Å². The second kappa shape index (κ2) is 7.00. The Morgan fingerprint density at radius 3 is 2.72 bits per heavy atom. The number of nitrogens with one attached hydrogen (secondary N) is 2. The van der Waals surface area contributed by atoms with Gasteiger partial charge in [-0.3, -0.25) is 9.59 Å². The maximum atomic E-state index is 12.3. The van der Waals surface area contributed by atoms with Gasteiger partial charge in [0, 0.05) is 5.39 Å². The van der Waals surface area contributed by atoms with Crippen LogP contribution in [0.3, 0.4) is 0 Å². The van der Waals surface area contributed by atoms with Crippen LogP contribution in [0.15, 0.2) is 51.9 Å². The predicted octanol–water partition coefficient (Wildman–Crippen LogP) is 1.38. The minimum absolute atomic E-state index is 0.0547. The lowest BCUT2D eigenvalue weighted by molar-refractivity contribution is -0.129. The molecule has 0 unspecified atom stereocenters. The third-order valence-corrected chi connectivity index (χ3v) is 3.56. The molecule has 8 nitrogen and oxygen atoms in total. The molecule has 0 spiro atoms. The minimum atomic E-state index is -1.03. The molecule has 0 saturated carbocycles. The molecule has 1 aromatic carbocycles. The van der Waals surface area contributed by atoms with E-state index in [9.17, 15) is 14.4 Å². The lowest BCUT2D eigenvalue weighted by Gasteiger charge is -2.13. The fourth-order valence-corrected chi connectivity index (χ4v) is 2.27. The standard InChI is InChI=1S/C17H15N3O5/c1-10(15(21)18-9-11-5-4-8-24-11)25-17(23)14-12-6-2-3-7-13(12)16(22)20-19-14/h2-8,10H,9H2,1H3,(H,18,21)(H,20,22)/t10-/m0/s1. The van der Waals surface area contributed by atoms with Crippen LogP contribution < -0.4 is 10.9 Å². The van der Waals surface area contributed by atoms with Crippen molar-refractivity contribution in [1.82, 2.24) is 15.5 Å². The molecule has 0 aliphatic heterocycles. The number of esters is 1. The first kappa shape index (κ1) is 16.4. The summed E-state index contributed by atoms with van der Waals surface area (Å²) in [5.41, 5.74) is -0.461. The van der Waals surface area contributed by atoms with Crippen LogP contribution in [0.4, 0.5) is 0 Å². The first-order valence-electron chi connectivity index (χ1n) is 7.55. The van der Waals surface area contributed by atoms with E-state index >= 15 is 0 Å². The van der Waals surface area contributed by atoms with Crippen LogP contribution in [0.25, 0.3) is 10.8 Å². The van der Waals surface area contributed by atoms with Crippen molar-refractivity contribution in [3.8, 4) is 0 Å². The Hall–Kier alpha value is -3.42. The van der Waals surface area contributed by atoms with Gasteiger partial charge in [0.05, 0.1) is 18.2 Å². The number of nitrogens with zero attached hydrogens (tertiary/aromatic N) is 1. The van der Waals surface area contributed by atoms with Crippen molar-refractivity contribution < 1.29 is 18.7 Å². The molecule has 0 aliphatic rings. The number of rotatable bonds is 5. The van der Waals surface area contributed by atoms with Crippen LogP contribution >= 0.6 is 0 Å². The number of ether oxygens (including phenoxy) is 1. The highest BCUT2D eigenvalue weighted by Crippen LogP contribution is 2.14. The third-order valence-electron chi connectivity index (χ3n) is 3.56. The number of carbonyl (C=O) groups excluding carboxylic acids is 2. The number of carbonyl (C=O) groups is 2. The van der Waals surface area contributed by atoms with E-state index in [1.807, 2.05) is 0 Å². The van der Waals surface area contributed by atoms with Gasteiger partial charge in [0.1, 0.15) is 5.76 Å². The van der Waals surface area contributed by atoms with Gasteiger partial charge in [-0.25, -0.2) is 9.89 Å². The number of hydrogen-bond donors (Lipinski definition) is 2. The van der Waals surface area contributed by atoms with E-state index in [4.69, 9.17) is 9.15 Å². The number of benzene rings is 1. The molecule has 2 N–H and O–H groups in total. The largest absolute Gasteiger partial charge is 0.467 e. The Balaban J connectivity index is 1.70. The van der Waals surface area contributed by atoms with Gasteiger partial charge in [-0.2, -0.15) is 5.10 Å². The maximum Gasteiger partial charge on any atom is 0.360 e. The molecule has 0 saturated heterocycles. The molecular formula is C17H15N3O5. The van der Waals surface area contributed by atoms with Gasteiger partial charge < -0.3 is 14.5 Å². The Morgan fingerprint density at radius 1 is 1.24 bits per heavy atom. The maximum absolute atomic E-state index is 12.3. The first-order chi connectivity index (χ1) is 12.1. The molecule has 1 amide bonds. The van der Waals surface area contributed by atoms with E-state index < -0.39 is 23.5 Å². The number of fused-ring (bicyclic) bond motifs is 1. The highest BCUT2D eigenvalue weighted by atomic mass is 16.5. The number of aromatic nitrogens is 2. The summed E-state index contributed by atoms with van der Waals surface area (Å²) < 4.78 is 10.3. The first-order valence-corrected chi connectivity index (χ1v) is 7.55. The topological polar surface area (TPSA) is 114 Å². The summed E-state index contributed by atoms with van der Waals surface area (Å²) in [6, 6.07) is 9.95. The molecule has 0 radical (unpaired) electrons. The molecule has 2 heterocycles. The number of aromatic amines is 1. The van der Waals surface area contributed by atoms with Crippen molar-refractivity contribution in [3.05, 3.63) is 64.5 Å². The molecule has 8 heteroatoms. The highest BCUT2D eigenvalue weighted by molar-refractivity contribution is 6.02. The zero-order valence-corrected chi connectivity index (χ0v) is 13.3. The summed E-state index contributed by atoms with van der Waals surface area (Å²) in [4.78, 5) is 36.1. The zero-order valence-electron chi connectivity index (χ0n) is 13.3. The molecule has 1 atom stereocenters. The fourth-order valence-electron chi connectivity index (χ4n) is 2.27. The van der Waals surface area contributed by atoms with Gasteiger partial charge in [0.25, 0.3) is 11.5 Å². The van der Waals surface area contributed by atoms with E-state index in [1.54, 1.807) is 36.4 Å². The van der Waals surface area contributed by atoms with Gasteiger partial charge in [-0.1, -0.05) is 18.2 Å². The second-order valence-corrected chi connectivity index (χ2v) is 5.29. The smallest absolute Gasteiger partial charge is 0.360 e. The molecular weight excluding hydrogens is 326 g/mol. The fraction of sp³-hybridized carbons (Fsp3) is 0.176. The monoisotopic (exact) mass is 341 g/mol. The van der Waals surface area contributed by atoms with Gasteiger partial charge in [0.2, 0.25) is 0 Å². The second-order valence-electron chi connectivity index (χ2n) is 5.29. The van der Waals surface area contributed by atoms with Gasteiger partial charge in [-0.05, 0) is 25.1 Å². The van der Waals surface area contributed by atoms with Crippen LogP contribution in [-0.2, 0) is 16.1 Å². The zero-order chi connectivity index (χ0) is 17.8. The van der Waals surface area contributed by atoms with Crippen molar-refractivity contribution in [2.24, 2.45) is 0 Å². The summed E-state index contributed by atoms with van der Waals surface area (Å²) in [5, 5.41) is 9.28. The SMILES string of the molecule is C[C@H](OC(=O)c1n[nH]c(=O)c2ccccc12)C(=O)NCc1ccco1. The summed E-state index contributed by atoms with van der Waals surface area (Å²) in [5.74, 6) is -0.688. The van der Waals surface area contributed by atoms with Gasteiger partial charge >= 0.3 is 5.97 Å². The van der Waals surface area contributed by atoms with E-state index in [0.717, 1.165) is 0 Å². The lowest BCUT2D eigenvalue weighted by Crippen LogP contribution is -2.35. The molecule has 3 rings (SSSR count). The average molecular weight is 341 g/mol. The van der Waals surface area contributed by atoms with Gasteiger partial charge in [-0.15, -0.1) is 0 Å². The summed E-state index contributed by atoms with van der Waals surface area (Å²) >= 11 is 0. The average Bonchev–Trinajstić information content (AvgIpc) is 3.13. The predicted molar refractivity (Wildman–Crippen MR) is 87.8 cm³/mol. The van der Waals surface area contributed by atoms with E-state index in [0.29, 0.717) is 16.5 Å². The third kappa shape index (κ3) is 3.57. The van der Waals surface area contributed by atoms with Crippen molar-refractivity contribution in [3.63, 3.8) is 0 Å². The van der Waals surface area contributed by atoms with E-state index in [2.05, 4.69) is 15.5 Å². The Morgan fingerprint density at radius 2 is 2.00 bits per heavy atom. The quantitative estimate of drug-likeness (QED) is 0.678. The number of amides is 1. The van der Waals surface area contributed by atoms with Crippen LogP contribution in [0.1, 0.15) is 23.2 Å². The minimum Gasteiger partial charge on any atom is -0.467 e. The number of furan rings is 1. The number of H-pyrrole nitrogens is 1. The molecule has 128 valence electrons. The molecule has 0 bridgehead atoms.